The Kier molecular flexibility index (Phi) is 4.93. The van der Waals surface area contributed by atoms with Crippen LogP contribution in [0.2, 0.25) is 0 Å². The second kappa shape index (κ2) is 7.37. The fourth-order valence-electron chi connectivity index (χ4n) is 4.47. The summed E-state index contributed by atoms with van der Waals surface area (Å²) in [6.45, 7) is 3.15. The Labute approximate surface area is 157 Å². The van der Waals surface area contributed by atoms with Crippen molar-refractivity contribution in [1.29, 1.82) is 0 Å². The SMILES string of the molecule is O/N=C1\CCNCC12CCN(C(c1ccc(F)cc1)c1ccc(F)cc1)C2. The zero-order chi connectivity index (χ0) is 18.9. The minimum absolute atomic E-state index is 0.104. The normalized spacial score (nSPS) is 24.9. The summed E-state index contributed by atoms with van der Waals surface area (Å²) in [7, 11) is 0. The molecule has 2 aromatic carbocycles. The highest BCUT2D eigenvalue weighted by Gasteiger charge is 2.46. The van der Waals surface area contributed by atoms with Crippen molar-refractivity contribution < 1.29 is 14.0 Å². The van der Waals surface area contributed by atoms with Crippen LogP contribution in [0.3, 0.4) is 0 Å². The van der Waals surface area contributed by atoms with Gasteiger partial charge in [-0.15, -0.1) is 0 Å². The zero-order valence-electron chi connectivity index (χ0n) is 15.0. The number of benzene rings is 2. The van der Waals surface area contributed by atoms with Gasteiger partial charge in [-0.3, -0.25) is 4.90 Å². The molecule has 2 N–H and O–H groups in total. The molecule has 0 bridgehead atoms. The molecule has 1 atom stereocenters. The summed E-state index contributed by atoms with van der Waals surface area (Å²) in [6, 6.07) is 12.9. The molecule has 142 valence electrons. The fraction of sp³-hybridized carbons (Fsp3) is 0.381. The fourth-order valence-corrected chi connectivity index (χ4v) is 4.47. The first kappa shape index (κ1) is 18.1. The van der Waals surface area contributed by atoms with E-state index in [1.54, 1.807) is 24.3 Å². The molecule has 0 aliphatic carbocycles. The molecule has 1 unspecified atom stereocenters. The molecule has 2 aliphatic rings. The Bertz CT molecular complexity index is 777. The van der Waals surface area contributed by atoms with Gasteiger partial charge >= 0.3 is 0 Å². The van der Waals surface area contributed by atoms with Crippen LogP contribution in [-0.4, -0.2) is 42.0 Å². The lowest BCUT2D eigenvalue weighted by Gasteiger charge is -2.36. The topological polar surface area (TPSA) is 47.9 Å². The van der Waals surface area contributed by atoms with E-state index in [2.05, 4.69) is 15.4 Å². The van der Waals surface area contributed by atoms with E-state index in [-0.39, 0.29) is 23.1 Å². The molecular weight excluding hydrogens is 348 g/mol. The zero-order valence-corrected chi connectivity index (χ0v) is 15.0. The lowest BCUT2D eigenvalue weighted by molar-refractivity contribution is 0.242. The quantitative estimate of drug-likeness (QED) is 0.641. The van der Waals surface area contributed by atoms with E-state index in [9.17, 15) is 14.0 Å². The molecule has 0 radical (unpaired) electrons. The number of oxime groups is 1. The number of halogens is 2. The second-order valence-electron chi connectivity index (χ2n) is 7.48. The maximum atomic E-state index is 13.5. The van der Waals surface area contributed by atoms with E-state index in [1.165, 1.54) is 24.3 Å². The van der Waals surface area contributed by atoms with Crippen LogP contribution >= 0.6 is 0 Å². The van der Waals surface area contributed by atoms with Crippen molar-refractivity contribution in [3.8, 4) is 0 Å². The molecule has 2 aliphatic heterocycles. The van der Waals surface area contributed by atoms with Crippen molar-refractivity contribution in [2.75, 3.05) is 26.2 Å². The molecule has 2 aromatic rings. The first-order valence-corrected chi connectivity index (χ1v) is 9.28. The average molecular weight is 371 g/mol. The monoisotopic (exact) mass is 371 g/mol. The summed E-state index contributed by atoms with van der Waals surface area (Å²) in [5.74, 6) is -0.554. The van der Waals surface area contributed by atoms with Crippen LogP contribution in [0.1, 0.15) is 30.0 Å². The molecule has 4 nitrogen and oxygen atoms in total. The van der Waals surface area contributed by atoms with E-state index in [4.69, 9.17) is 0 Å². The maximum Gasteiger partial charge on any atom is 0.123 e. The van der Waals surface area contributed by atoms with E-state index < -0.39 is 0 Å². The molecule has 2 fully saturated rings. The smallest absolute Gasteiger partial charge is 0.123 e. The van der Waals surface area contributed by atoms with Crippen molar-refractivity contribution in [2.24, 2.45) is 10.6 Å². The summed E-state index contributed by atoms with van der Waals surface area (Å²) >= 11 is 0. The van der Waals surface area contributed by atoms with E-state index in [1.807, 2.05) is 0 Å². The van der Waals surface area contributed by atoms with Gasteiger partial charge < -0.3 is 10.5 Å². The first-order chi connectivity index (χ1) is 13.1. The van der Waals surface area contributed by atoms with Crippen molar-refractivity contribution >= 4 is 5.71 Å². The lowest BCUT2D eigenvalue weighted by Crippen LogP contribution is -2.49. The molecule has 4 rings (SSSR count). The summed E-state index contributed by atoms with van der Waals surface area (Å²) in [6.07, 6.45) is 1.63. The Morgan fingerprint density at radius 1 is 1.00 bits per heavy atom. The summed E-state index contributed by atoms with van der Waals surface area (Å²) < 4.78 is 26.9. The van der Waals surface area contributed by atoms with Gasteiger partial charge in [-0.05, 0) is 41.8 Å². The molecule has 0 saturated carbocycles. The number of nitrogens with zero attached hydrogens (tertiary/aromatic N) is 2. The van der Waals surface area contributed by atoms with Crippen LogP contribution in [0, 0.1) is 17.0 Å². The third-order valence-corrected chi connectivity index (χ3v) is 5.85. The first-order valence-electron chi connectivity index (χ1n) is 9.28. The van der Waals surface area contributed by atoms with Gasteiger partial charge in [-0.25, -0.2) is 8.78 Å². The van der Waals surface area contributed by atoms with E-state index in [0.717, 1.165) is 55.9 Å². The van der Waals surface area contributed by atoms with Crippen LogP contribution in [0.5, 0.6) is 0 Å². The molecule has 1 spiro atoms. The van der Waals surface area contributed by atoms with Gasteiger partial charge in [0.2, 0.25) is 0 Å². The van der Waals surface area contributed by atoms with Gasteiger partial charge in [0, 0.05) is 38.0 Å². The van der Waals surface area contributed by atoms with Crippen molar-refractivity contribution in [2.45, 2.75) is 18.9 Å². The van der Waals surface area contributed by atoms with E-state index >= 15 is 0 Å². The van der Waals surface area contributed by atoms with Gasteiger partial charge in [0.05, 0.1) is 11.8 Å². The summed E-state index contributed by atoms with van der Waals surface area (Å²) in [5, 5.41) is 16.5. The van der Waals surface area contributed by atoms with Crippen molar-refractivity contribution in [1.82, 2.24) is 10.2 Å². The van der Waals surface area contributed by atoms with Crippen LogP contribution in [0.25, 0.3) is 0 Å². The number of piperidine rings is 1. The largest absolute Gasteiger partial charge is 0.411 e. The predicted molar refractivity (Wildman–Crippen MR) is 100.0 cm³/mol. The van der Waals surface area contributed by atoms with Gasteiger partial charge in [-0.2, -0.15) is 0 Å². The predicted octanol–water partition coefficient (Wildman–Crippen LogP) is 3.57. The van der Waals surface area contributed by atoms with Gasteiger partial charge in [0.15, 0.2) is 0 Å². The number of nitrogens with one attached hydrogen (secondary N) is 1. The van der Waals surface area contributed by atoms with Crippen LogP contribution in [0.4, 0.5) is 8.78 Å². The third kappa shape index (κ3) is 3.47. The highest BCUT2D eigenvalue weighted by molar-refractivity contribution is 5.91. The lowest BCUT2D eigenvalue weighted by atomic mass is 9.78. The van der Waals surface area contributed by atoms with Gasteiger partial charge in [-0.1, -0.05) is 29.4 Å². The number of hydrogen-bond donors (Lipinski definition) is 2. The molecular formula is C21H23F2N3O. The Hall–Kier alpha value is -2.31. The average Bonchev–Trinajstić information content (AvgIpc) is 3.09. The minimum atomic E-state index is -0.277. The van der Waals surface area contributed by atoms with Crippen LogP contribution in [-0.2, 0) is 0 Å². The Balaban J connectivity index is 1.69. The summed E-state index contributed by atoms with van der Waals surface area (Å²) in [4.78, 5) is 2.32. The molecule has 0 aromatic heterocycles. The molecule has 2 saturated heterocycles. The maximum absolute atomic E-state index is 13.5. The Morgan fingerprint density at radius 2 is 1.59 bits per heavy atom. The molecule has 6 heteroatoms. The Morgan fingerprint density at radius 3 is 2.15 bits per heavy atom. The number of hydrogen-bond acceptors (Lipinski definition) is 4. The standard InChI is InChI=1S/C21H23F2N3O/c22-17-5-1-15(2-6-17)20(16-3-7-18(23)8-4-16)26-12-10-21(14-26)13-24-11-9-19(21)25-27/h1-8,20,24,27H,9-14H2/b25-19+. The van der Waals surface area contributed by atoms with Gasteiger partial charge in [0.25, 0.3) is 0 Å². The number of rotatable bonds is 3. The third-order valence-electron chi connectivity index (χ3n) is 5.85. The van der Waals surface area contributed by atoms with Crippen molar-refractivity contribution in [3.63, 3.8) is 0 Å². The highest BCUT2D eigenvalue weighted by Crippen LogP contribution is 2.41. The van der Waals surface area contributed by atoms with E-state index in [0.29, 0.717) is 0 Å². The minimum Gasteiger partial charge on any atom is -0.411 e. The second-order valence-corrected chi connectivity index (χ2v) is 7.48. The van der Waals surface area contributed by atoms with Gasteiger partial charge in [0.1, 0.15) is 11.6 Å². The van der Waals surface area contributed by atoms with Crippen LogP contribution in [0.15, 0.2) is 53.7 Å². The van der Waals surface area contributed by atoms with Crippen LogP contribution < -0.4 is 5.32 Å². The molecule has 0 amide bonds. The van der Waals surface area contributed by atoms with Crippen molar-refractivity contribution in [3.05, 3.63) is 71.3 Å². The summed E-state index contributed by atoms with van der Waals surface area (Å²) in [5.41, 5.74) is 2.59. The molecule has 2 heterocycles. The number of likely N-dealkylation sites (tertiary alicyclic amines) is 1. The highest BCUT2D eigenvalue weighted by atomic mass is 19.1. The molecule has 27 heavy (non-hydrogen) atoms.